The molecule has 0 aliphatic heterocycles. The van der Waals surface area contributed by atoms with Gasteiger partial charge in [0.05, 0.1) is 0 Å². The van der Waals surface area contributed by atoms with Crippen LogP contribution in [0.5, 0.6) is 0 Å². The van der Waals surface area contributed by atoms with Crippen LogP contribution in [0.3, 0.4) is 0 Å². The van der Waals surface area contributed by atoms with Crippen molar-refractivity contribution in [2.45, 2.75) is 44.7 Å². The molecule has 1 unspecified atom stereocenters. The van der Waals surface area contributed by atoms with E-state index >= 15 is 0 Å². The van der Waals surface area contributed by atoms with Crippen molar-refractivity contribution in [3.05, 3.63) is 35.4 Å². The predicted octanol–water partition coefficient (Wildman–Crippen LogP) is 2.53. The first-order valence-corrected chi connectivity index (χ1v) is 6.33. The summed E-state index contributed by atoms with van der Waals surface area (Å²) in [7, 11) is 0. The molecule has 1 saturated carbocycles. The zero-order valence-electron chi connectivity index (χ0n) is 10.1. The van der Waals surface area contributed by atoms with Gasteiger partial charge in [0, 0.05) is 18.6 Å². The maximum atomic E-state index is 5.89. The normalized spacial score (nSPS) is 18.9. The van der Waals surface area contributed by atoms with E-state index in [1.165, 1.54) is 36.8 Å². The maximum Gasteiger partial charge on any atom is 0.0449 e. The number of hydrogen-bond acceptors (Lipinski definition) is 2. The number of nitrogens with two attached hydrogens (primary N) is 1. The molecule has 0 amide bonds. The van der Waals surface area contributed by atoms with Gasteiger partial charge in [-0.25, -0.2) is 0 Å². The Bertz CT molecular complexity index is 329. The summed E-state index contributed by atoms with van der Waals surface area (Å²) in [4.78, 5) is 0. The topological polar surface area (TPSA) is 38.0 Å². The van der Waals surface area contributed by atoms with Gasteiger partial charge in [0.25, 0.3) is 0 Å². The molecule has 88 valence electrons. The predicted molar refractivity (Wildman–Crippen MR) is 68.4 cm³/mol. The Hall–Kier alpha value is -0.860. The first kappa shape index (κ1) is 11.6. The van der Waals surface area contributed by atoms with Crippen LogP contribution < -0.4 is 11.1 Å². The summed E-state index contributed by atoms with van der Waals surface area (Å²) in [6.07, 6.45) is 5.34. The Morgan fingerprint density at radius 2 is 2.00 bits per heavy atom. The molecule has 1 fully saturated rings. The third-order valence-electron chi connectivity index (χ3n) is 3.59. The largest absolute Gasteiger partial charge is 0.329 e. The molecule has 0 saturated heterocycles. The number of benzene rings is 1. The summed E-state index contributed by atoms with van der Waals surface area (Å²) < 4.78 is 0. The molecule has 0 aromatic heterocycles. The molecule has 0 bridgehead atoms. The highest BCUT2D eigenvalue weighted by molar-refractivity contribution is 5.29. The molecule has 1 aromatic rings. The van der Waals surface area contributed by atoms with E-state index in [4.69, 9.17) is 5.73 Å². The Balaban J connectivity index is 2.06. The summed E-state index contributed by atoms with van der Waals surface area (Å²) in [6.45, 7) is 2.84. The van der Waals surface area contributed by atoms with E-state index in [1.807, 2.05) is 0 Å². The fraction of sp³-hybridized carbons (Fsp3) is 0.571. The molecule has 1 aliphatic carbocycles. The summed E-state index contributed by atoms with van der Waals surface area (Å²) in [5.41, 5.74) is 8.58. The van der Waals surface area contributed by atoms with Gasteiger partial charge in [-0.05, 0) is 30.9 Å². The fourth-order valence-electron chi connectivity index (χ4n) is 2.64. The monoisotopic (exact) mass is 218 g/mol. The van der Waals surface area contributed by atoms with Crippen LogP contribution in [0, 0.1) is 6.92 Å². The third kappa shape index (κ3) is 2.63. The first-order valence-electron chi connectivity index (χ1n) is 6.33. The molecule has 2 rings (SSSR count). The van der Waals surface area contributed by atoms with Gasteiger partial charge in [-0.15, -0.1) is 0 Å². The minimum atomic E-state index is 0.323. The van der Waals surface area contributed by atoms with Crippen LogP contribution in [0.15, 0.2) is 24.3 Å². The van der Waals surface area contributed by atoms with Gasteiger partial charge in [0.2, 0.25) is 0 Å². The van der Waals surface area contributed by atoms with Crippen LogP contribution >= 0.6 is 0 Å². The minimum absolute atomic E-state index is 0.323. The highest BCUT2D eigenvalue weighted by atomic mass is 15.0. The van der Waals surface area contributed by atoms with Crippen molar-refractivity contribution in [3.63, 3.8) is 0 Å². The lowest BCUT2D eigenvalue weighted by molar-refractivity contribution is 0.443. The van der Waals surface area contributed by atoms with Gasteiger partial charge in [-0.1, -0.05) is 37.1 Å². The number of aryl methyl sites for hydroxylation is 1. The Morgan fingerprint density at radius 3 is 2.62 bits per heavy atom. The van der Waals surface area contributed by atoms with Crippen molar-refractivity contribution in [2.75, 3.05) is 6.54 Å². The average molecular weight is 218 g/mol. The quantitative estimate of drug-likeness (QED) is 0.815. The zero-order chi connectivity index (χ0) is 11.4. The standard InChI is InChI=1S/C14H22N2/c1-11-6-2-5-9-13(11)14(10-15)16-12-7-3-4-8-12/h2,5-6,9,12,14,16H,3-4,7-8,10,15H2,1H3. The first-order chi connectivity index (χ1) is 7.81. The number of nitrogens with one attached hydrogen (secondary N) is 1. The molecule has 0 radical (unpaired) electrons. The second-order valence-electron chi connectivity index (χ2n) is 4.79. The lowest BCUT2D eigenvalue weighted by atomic mass is 10.0. The molecule has 0 heterocycles. The van der Waals surface area contributed by atoms with E-state index in [9.17, 15) is 0 Å². The van der Waals surface area contributed by atoms with Gasteiger partial charge in [0.15, 0.2) is 0 Å². The van der Waals surface area contributed by atoms with Crippen LogP contribution in [0.2, 0.25) is 0 Å². The van der Waals surface area contributed by atoms with E-state index in [0.717, 1.165) is 0 Å². The Labute approximate surface area is 98.2 Å². The highest BCUT2D eigenvalue weighted by Crippen LogP contribution is 2.23. The van der Waals surface area contributed by atoms with E-state index in [-0.39, 0.29) is 0 Å². The molecule has 1 atom stereocenters. The Kier molecular flexibility index (Phi) is 3.97. The van der Waals surface area contributed by atoms with Gasteiger partial charge < -0.3 is 11.1 Å². The van der Waals surface area contributed by atoms with Crippen molar-refractivity contribution < 1.29 is 0 Å². The lowest BCUT2D eigenvalue weighted by Crippen LogP contribution is -2.35. The average Bonchev–Trinajstić information content (AvgIpc) is 2.80. The smallest absolute Gasteiger partial charge is 0.0449 e. The van der Waals surface area contributed by atoms with Crippen molar-refractivity contribution in [3.8, 4) is 0 Å². The summed E-state index contributed by atoms with van der Waals surface area (Å²) in [5.74, 6) is 0. The third-order valence-corrected chi connectivity index (χ3v) is 3.59. The molecular formula is C14H22N2. The van der Waals surface area contributed by atoms with Crippen LogP contribution in [0.1, 0.15) is 42.9 Å². The van der Waals surface area contributed by atoms with E-state index in [1.54, 1.807) is 0 Å². The van der Waals surface area contributed by atoms with Crippen molar-refractivity contribution in [1.29, 1.82) is 0 Å². The molecular weight excluding hydrogens is 196 g/mol. The maximum absolute atomic E-state index is 5.89. The van der Waals surface area contributed by atoms with Crippen LogP contribution in [0.25, 0.3) is 0 Å². The molecule has 1 aromatic carbocycles. The molecule has 2 nitrogen and oxygen atoms in total. The van der Waals surface area contributed by atoms with E-state index < -0.39 is 0 Å². The molecule has 2 heteroatoms. The van der Waals surface area contributed by atoms with Gasteiger partial charge in [-0.3, -0.25) is 0 Å². The highest BCUT2D eigenvalue weighted by Gasteiger charge is 2.19. The second-order valence-corrected chi connectivity index (χ2v) is 4.79. The van der Waals surface area contributed by atoms with Crippen LogP contribution in [-0.2, 0) is 0 Å². The van der Waals surface area contributed by atoms with E-state index in [0.29, 0.717) is 18.6 Å². The SMILES string of the molecule is Cc1ccccc1C(CN)NC1CCCC1. The summed E-state index contributed by atoms with van der Waals surface area (Å²) in [5, 5.41) is 3.70. The fourth-order valence-corrected chi connectivity index (χ4v) is 2.64. The van der Waals surface area contributed by atoms with Crippen molar-refractivity contribution in [1.82, 2.24) is 5.32 Å². The van der Waals surface area contributed by atoms with E-state index in [2.05, 4.69) is 36.5 Å². The van der Waals surface area contributed by atoms with Crippen LogP contribution in [-0.4, -0.2) is 12.6 Å². The zero-order valence-corrected chi connectivity index (χ0v) is 10.1. The molecule has 0 spiro atoms. The van der Waals surface area contributed by atoms with Gasteiger partial charge in [-0.2, -0.15) is 0 Å². The molecule has 1 aliphatic rings. The number of hydrogen-bond donors (Lipinski definition) is 2. The van der Waals surface area contributed by atoms with Gasteiger partial charge >= 0.3 is 0 Å². The van der Waals surface area contributed by atoms with Crippen LogP contribution in [0.4, 0.5) is 0 Å². The minimum Gasteiger partial charge on any atom is -0.329 e. The number of rotatable bonds is 4. The van der Waals surface area contributed by atoms with Gasteiger partial charge in [0.1, 0.15) is 0 Å². The van der Waals surface area contributed by atoms with Crippen molar-refractivity contribution in [2.24, 2.45) is 5.73 Å². The van der Waals surface area contributed by atoms with Crippen molar-refractivity contribution >= 4 is 0 Å². The second kappa shape index (κ2) is 5.46. The lowest BCUT2D eigenvalue weighted by Gasteiger charge is -2.23. The molecule has 16 heavy (non-hydrogen) atoms. The Morgan fingerprint density at radius 1 is 1.31 bits per heavy atom. The molecule has 3 N–H and O–H groups in total. The summed E-state index contributed by atoms with van der Waals surface area (Å²) >= 11 is 0. The summed E-state index contributed by atoms with van der Waals surface area (Å²) in [6, 6.07) is 9.53.